The van der Waals surface area contributed by atoms with E-state index in [0.717, 1.165) is 23.4 Å². The smallest absolute Gasteiger partial charge is 0.240 e. The van der Waals surface area contributed by atoms with Crippen LogP contribution in [0.3, 0.4) is 0 Å². The van der Waals surface area contributed by atoms with Gasteiger partial charge in [0.15, 0.2) is 0 Å². The third-order valence-electron chi connectivity index (χ3n) is 4.77. The Kier molecular flexibility index (Phi) is 6.80. The second-order valence-electron chi connectivity index (χ2n) is 7.03. The molecule has 1 N–H and O–H groups in total. The fraction of sp³-hybridized carbons (Fsp3) is 0.381. The second kappa shape index (κ2) is 9.11. The number of carbonyl (C=O) groups excluding carboxylic acids is 1. The highest BCUT2D eigenvalue weighted by Gasteiger charge is 2.24. The zero-order valence-corrected chi connectivity index (χ0v) is 17.9. The first-order chi connectivity index (χ1) is 13.4. The fourth-order valence-corrected chi connectivity index (χ4v) is 5.27. The highest BCUT2D eigenvalue weighted by molar-refractivity contribution is 7.98. The molecule has 1 heterocycles. The minimum Gasteiger partial charge on any atom is -0.312 e. The summed E-state index contributed by atoms with van der Waals surface area (Å²) in [6.45, 7) is 4.98. The number of sulfonamides is 1. The maximum Gasteiger partial charge on any atom is 0.240 e. The molecule has 1 aliphatic heterocycles. The van der Waals surface area contributed by atoms with Crippen molar-refractivity contribution in [2.24, 2.45) is 0 Å². The minimum atomic E-state index is -3.55. The number of hydrogen-bond donors (Lipinski definition) is 1. The van der Waals surface area contributed by atoms with Crippen molar-refractivity contribution >= 4 is 33.4 Å². The van der Waals surface area contributed by atoms with E-state index < -0.39 is 10.0 Å². The van der Waals surface area contributed by atoms with Crippen molar-refractivity contribution in [2.45, 2.75) is 37.3 Å². The van der Waals surface area contributed by atoms with E-state index >= 15 is 0 Å². The van der Waals surface area contributed by atoms with Gasteiger partial charge >= 0.3 is 0 Å². The monoisotopic (exact) mass is 418 g/mol. The lowest BCUT2D eigenvalue weighted by molar-refractivity contribution is -0.117. The topological polar surface area (TPSA) is 66.5 Å². The molecule has 1 aliphatic rings. The van der Waals surface area contributed by atoms with Gasteiger partial charge in [0.05, 0.1) is 4.90 Å². The van der Waals surface area contributed by atoms with Crippen molar-refractivity contribution in [3.05, 3.63) is 59.2 Å². The van der Waals surface area contributed by atoms with Crippen LogP contribution in [0.2, 0.25) is 0 Å². The minimum absolute atomic E-state index is 0.0995. The summed E-state index contributed by atoms with van der Waals surface area (Å²) in [5.41, 5.74) is 4.07. The van der Waals surface area contributed by atoms with Crippen LogP contribution in [0.4, 0.5) is 5.69 Å². The van der Waals surface area contributed by atoms with Crippen molar-refractivity contribution in [2.75, 3.05) is 23.7 Å². The lowest BCUT2D eigenvalue weighted by atomic mass is 10.2. The summed E-state index contributed by atoms with van der Waals surface area (Å²) in [4.78, 5) is 13.9. The number of amides is 1. The molecule has 2 aromatic carbocycles. The lowest BCUT2D eigenvalue weighted by Gasteiger charge is -2.19. The van der Waals surface area contributed by atoms with Crippen LogP contribution >= 0.6 is 11.8 Å². The van der Waals surface area contributed by atoms with E-state index in [-0.39, 0.29) is 10.8 Å². The standard InChI is InChI=1S/C21H26N2O3S2/c1-16-5-7-18(8-6-16)15-27-13-11-22-28(25,26)19-9-10-20(17(2)14-19)23-12-3-4-21(23)24/h5-10,14,22H,3-4,11-13,15H2,1-2H3. The SMILES string of the molecule is Cc1ccc(CSCCNS(=O)(=O)c2ccc(N3CCCC3=O)c(C)c2)cc1. The van der Waals surface area contributed by atoms with Gasteiger partial charge in [0.25, 0.3) is 0 Å². The Morgan fingerprint density at radius 1 is 1.11 bits per heavy atom. The third kappa shape index (κ3) is 5.16. The Labute approximate surface area is 171 Å². The van der Waals surface area contributed by atoms with Crippen LogP contribution < -0.4 is 9.62 Å². The van der Waals surface area contributed by atoms with E-state index in [1.54, 1.807) is 34.9 Å². The number of anilines is 1. The van der Waals surface area contributed by atoms with E-state index in [2.05, 4.69) is 35.9 Å². The molecule has 2 aromatic rings. The maximum absolute atomic E-state index is 12.6. The number of benzene rings is 2. The predicted octanol–water partition coefficient (Wildman–Crippen LogP) is 3.64. The first-order valence-electron chi connectivity index (χ1n) is 9.41. The van der Waals surface area contributed by atoms with Crippen LogP contribution in [-0.4, -0.2) is 33.2 Å². The average Bonchev–Trinajstić information content (AvgIpc) is 3.08. The number of rotatable bonds is 8. The highest BCUT2D eigenvalue weighted by atomic mass is 32.2. The van der Waals surface area contributed by atoms with E-state index in [9.17, 15) is 13.2 Å². The summed E-state index contributed by atoms with van der Waals surface area (Å²) in [7, 11) is -3.55. The first-order valence-corrected chi connectivity index (χ1v) is 12.0. The lowest BCUT2D eigenvalue weighted by Crippen LogP contribution is -2.27. The van der Waals surface area contributed by atoms with Gasteiger partial charge in [0.2, 0.25) is 15.9 Å². The molecule has 0 saturated carbocycles. The maximum atomic E-state index is 12.6. The largest absolute Gasteiger partial charge is 0.312 e. The number of hydrogen-bond acceptors (Lipinski definition) is 4. The Bertz CT molecular complexity index is 941. The molecule has 28 heavy (non-hydrogen) atoms. The molecule has 150 valence electrons. The van der Waals surface area contributed by atoms with Gasteiger partial charge in [-0.3, -0.25) is 4.79 Å². The Morgan fingerprint density at radius 2 is 1.86 bits per heavy atom. The fourth-order valence-electron chi connectivity index (χ4n) is 3.21. The molecule has 0 aromatic heterocycles. The molecule has 0 radical (unpaired) electrons. The van der Waals surface area contributed by atoms with Crippen molar-refractivity contribution < 1.29 is 13.2 Å². The molecule has 5 nitrogen and oxygen atoms in total. The second-order valence-corrected chi connectivity index (χ2v) is 9.91. The zero-order chi connectivity index (χ0) is 20.1. The van der Waals surface area contributed by atoms with Gasteiger partial charge in [-0.25, -0.2) is 13.1 Å². The molecule has 0 spiro atoms. The molecule has 1 fully saturated rings. The van der Waals surface area contributed by atoms with Crippen molar-refractivity contribution in [1.82, 2.24) is 4.72 Å². The van der Waals surface area contributed by atoms with Crippen LogP contribution in [0.5, 0.6) is 0 Å². The van der Waals surface area contributed by atoms with E-state index in [0.29, 0.717) is 25.3 Å². The van der Waals surface area contributed by atoms with Gasteiger partial charge < -0.3 is 4.90 Å². The van der Waals surface area contributed by atoms with Gasteiger partial charge in [-0.1, -0.05) is 29.8 Å². The molecule has 1 amide bonds. The molecule has 1 saturated heterocycles. The normalized spacial score (nSPS) is 14.6. The van der Waals surface area contributed by atoms with Gasteiger partial charge in [0.1, 0.15) is 0 Å². The van der Waals surface area contributed by atoms with Crippen LogP contribution in [0.15, 0.2) is 47.4 Å². The third-order valence-corrected chi connectivity index (χ3v) is 7.26. The molecule has 0 aliphatic carbocycles. The summed E-state index contributed by atoms with van der Waals surface area (Å²) >= 11 is 1.70. The average molecular weight is 419 g/mol. The van der Waals surface area contributed by atoms with Crippen LogP contribution in [0, 0.1) is 13.8 Å². The van der Waals surface area contributed by atoms with Crippen molar-refractivity contribution in [3.63, 3.8) is 0 Å². The molecule has 0 unspecified atom stereocenters. The summed E-state index contributed by atoms with van der Waals surface area (Å²) in [5, 5.41) is 0. The summed E-state index contributed by atoms with van der Waals surface area (Å²) in [6, 6.07) is 13.3. The van der Waals surface area contributed by atoms with Gasteiger partial charge in [-0.15, -0.1) is 0 Å². The quantitative estimate of drug-likeness (QED) is 0.665. The molecule has 7 heteroatoms. The predicted molar refractivity (Wildman–Crippen MR) is 115 cm³/mol. The highest BCUT2D eigenvalue weighted by Crippen LogP contribution is 2.27. The molecule has 3 rings (SSSR count). The molecule has 0 atom stereocenters. The van der Waals surface area contributed by atoms with Crippen LogP contribution in [-0.2, 0) is 20.6 Å². The van der Waals surface area contributed by atoms with Crippen LogP contribution in [0.1, 0.15) is 29.5 Å². The van der Waals surface area contributed by atoms with Crippen molar-refractivity contribution in [1.29, 1.82) is 0 Å². The number of nitrogens with zero attached hydrogens (tertiary/aromatic N) is 1. The summed E-state index contributed by atoms with van der Waals surface area (Å²) < 4.78 is 27.8. The zero-order valence-electron chi connectivity index (χ0n) is 16.3. The van der Waals surface area contributed by atoms with Crippen LogP contribution in [0.25, 0.3) is 0 Å². The van der Waals surface area contributed by atoms with E-state index in [1.807, 2.05) is 6.92 Å². The number of carbonyl (C=O) groups is 1. The number of thioether (sulfide) groups is 1. The Hall–Kier alpha value is -1.83. The molecule has 0 bridgehead atoms. The number of nitrogens with one attached hydrogen (secondary N) is 1. The van der Waals surface area contributed by atoms with Gasteiger partial charge in [-0.05, 0) is 49.6 Å². The summed E-state index contributed by atoms with van der Waals surface area (Å²) in [6.07, 6.45) is 1.40. The van der Waals surface area contributed by atoms with E-state index in [1.165, 1.54) is 11.1 Å². The molecular weight excluding hydrogens is 392 g/mol. The Morgan fingerprint density at radius 3 is 2.50 bits per heavy atom. The van der Waals surface area contributed by atoms with Gasteiger partial charge in [0, 0.05) is 36.7 Å². The first kappa shape index (κ1) is 20.9. The Balaban J connectivity index is 1.53. The van der Waals surface area contributed by atoms with E-state index in [4.69, 9.17) is 0 Å². The van der Waals surface area contributed by atoms with Crippen molar-refractivity contribution in [3.8, 4) is 0 Å². The molecular formula is C21H26N2O3S2. The van der Waals surface area contributed by atoms with Gasteiger partial charge in [-0.2, -0.15) is 11.8 Å². The number of aryl methyl sites for hydroxylation is 2. The summed E-state index contributed by atoms with van der Waals surface area (Å²) in [5.74, 6) is 1.66.